The molecule has 0 aromatic rings. The van der Waals surface area contributed by atoms with E-state index in [-0.39, 0.29) is 11.3 Å². The molecular formula is C17H33N3O. The fraction of sp³-hybridized carbons (Fsp3) is 0.882. The number of amides is 1. The molecule has 0 aromatic heterocycles. The molecule has 21 heavy (non-hydrogen) atoms. The zero-order valence-electron chi connectivity index (χ0n) is 14.5. The Morgan fingerprint density at radius 2 is 1.90 bits per heavy atom. The molecule has 0 saturated carbocycles. The van der Waals surface area contributed by atoms with Gasteiger partial charge in [-0.25, -0.2) is 0 Å². The molecule has 0 spiro atoms. The lowest BCUT2D eigenvalue weighted by molar-refractivity contribution is -0.132. The van der Waals surface area contributed by atoms with Crippen molar-refractivity contribution >= 4 is 5.91 Å². The van der Waals surface area contributed by atoms with Crippen LogP contribution in [0, 0.1) is 28.6 Å². The third-order valence-corrected chi connectivity index (χ3v) is 3.88. The molecule has 1 atom stereocenters. The average molecular weight is 295 g/mol. The average Bonchev–Trinajstić information content (AvgIpc) is 2.37. The van der Waals surface area contributed by atoms with E-state index in [1.807, 2.05) is 4.90 Å². The van der Waals surface area contributed by atoms with Crippen LogP contribution in [-0.4, -0.2) is 30.4 Å². The summed E-state index contributed by atoms with van der Waals surface area (Å²) >= 11 is 0. The highest BCUT2D eigenvalue weighted by atomic mass is 16.2. The van der Waals surface area contributed by atoms with E-state index in [1.54, 1.807) is 0 Å². The largest absolute Gasteiger partial charge is 0.341 e. The quantitative estimate of drug-likeness (QED) is 0.710. The molecule has 2 N–H and O–H groups in total. The topological polar surface area (TPSA) is 70.1 Å². The number of carbonyl (C=O) groups is 1. The minimum absolute atomic E-state index is 0.172. The number of nitriles is 1. The second-order valence-electron chi connectivity index (χ2n) is 7.32. The summed E-state index contributed by atoms with van der Waals surface area (Å²) < 4.78 is 0. The molecule has 1 unspecified atom stereocenters. The van der Waals surface area contributed by atoms with E-state index in [0.29, 0.717) is 37.8 Å². The predicted molar refractivity (Wildman–Crippen MR) is 87.5 cm³/mol. The van der Waals surface area contributed by atoms with Gasteiger partial charge in [-0.1, -0.05) is 34.6 Å². The highest BCUT2D eigenvalue weighted by Crippen LogP contribution is 2.32. The fourth-order valence-electron chi connectivity index (χ4n) is 2.61. The lowest BCUT2D eigenvalue weighted by atomic mass is 9.76. The Hall–Kier alpha value is -1.08. The van der Waals surface area contributed by atoms with Crippen LogP contribution in [0.3, 0.4) is 0 Å². The molecule has 0 saturated heterocycles. The van der Waals surface area contributed by atoms with E-state index < -0.39 is 0 Å². The van der Waals surface area contributed by atoms with E-state index in [9.17, 15) is 4.79 Å². The van der Waals surface area contributed by atoms with Crippen molar-refractivity contribution in [1.29, 1.82) is 5.26 Å². The summed E-state index contributed by atoms with van der Waals surface area (Å²) in [6, 6.07) is 2.13. The van der Waals surface area contributed by atoms with Crippen LogP contribution >= 0.6 is 0 Å². The standard InChI is InChI=1S/C17H33N3O/c1-14(2)13-20(12-6-10-18)16(21)8-7-15(9-11-19)17(3,4)5/h14-15H,6-9,11-13,19H2,1-5H3. The second-order valence-corrected chi connectivity index (χ2v) is 7.32. The van der Waals surface area contributed by atoms with Crippen molar-refractivity contribution in [2.45, 2.75) is 60.3 Å². The van der Waals surface area contributed by atoms with Gasteiger partial charge >= 0.3 is 0 Å². The smallest absolute Gasteiger partial charge is 0.222 e. The van der Waals surface area contributed by atoms with Crippen molar-refractivity contribution in [3.8, 4) is 6.07 Å². The van der Waals surface area contributed by atoms with Gasteiger partial charge in [0.25, 0.3) is 0 Å². The first-order valence-electron chi connectivity index (χ1n) is 8.07. The summed E-state index contributed by atoms with van der Waals surface area (Å²) in [5.41, 5.74) is 5.87. The summed E-state index contributed by atoms with van der Waals surface area (Å²) in [4.78, 5) is 14.2. The minimum atomic E-state index is 0.172. The predicted octanol–water partition coefficient (Wildman–Crippen LogP) is 3.18. The zero-order valence-corrected chi connectivity index (χ0v) is 14.5. The Bertz CT molecular complexity index is 339. The number of hydrogen-bond acceptors (Lipinski definition) is 3. The van der Waals surface area contributed by atoms with Crippen LogP contribution in [0.5, 0.6) is 0 Å². The molecule has 0 heterocycles. The molecule has 0 aromatic carbocycles. The maximum atomic E-state index is 12.4. The van der Waals surface area contributed by atoms with Gasteiger partial charge in [0, 0.05) is 19.5 Å². The van der Waals surface area contributed by atoms with Gasteiger partial charge in [0.1, 0.15) is 0 Å². The minimum Gasteiger partial charge on any atom is -0.341 e. The highest BCUT2D eigenvalue weighted by Gasteiger charge is 2.25. The molecule has 4 heteroatoms. The number of nitrogens with two attached hydrogens (primary N) is 1. The molecule has 0 rings (SSSR count). The fourth-order valence-corrected chi connectivity index (χ4v) is 2.61. The molecule has 0 aliphatic carbocycles. The van der Waals surface area contributed by atoms with E-state index in [1.165, 1.54) is 0 Å². The lowest BCUT2D eigenvalue weighted by Gasteiger charge is -2.31. The molecule has 122 valence electrons. The highest BCUT2D eigenvalue weighted by molar-refractivity contribution is 5.76. The first-order chi connectivity index (χ1) is 9.72. The van der Waals surface area contributed by atoms with Crippen molar-refractivity contribution in [3.63, 3.8) is 0 Å². The Morgan fingerprint density at radius 3 is 2.33 bits per heavy atom. The molecule has 1 amide bonds. The van der Waals surface area contributed by atoms with E-state index >= 15 is 0 Å². The molecule has 4 nitrogen and oxygen atoms in total. The Labute approximate surface area is 130 Å². The van der Waals surface area contributed by atoms with E-state index in [4.69, 9.17) is 11.0 Å². The van der Waals surface area contributed by atoms with Crippen LogP contribution in [0.1, 0.15) is 60.3 Å². The SMILES string of the molecule is CC(C)CN(CCC#N)C(=O)CCC(CCN)C(C)(C)C. The summed E-state index contributed by atoms with van der Waals surface area (Å²) in [5.74, 6) is 1.06. The number of carbonyl (C=O) groups excluding carboxylic acids is 1. The van der Waals surface area contributed by atoms with Crippen molar-refractivity contribution < 1.29 is 4.79 Å². The van der Waals surface area contributed by atoms with Gasteiger partial charge in [-0.05, 0) is 36.6 Å². The maximum absolute atomic E-state index is 12.4. The van der Waals surface area contributed by atoms with Crippen LogP contribution < -0.4 is 5.73 Å². The lowest BCUT2D eigenvalue weighted by Crippen LogP contribution is -2.35. The summed E-state index contributed by atoms with van der Waals surface area (Å²) in [5, 5.41) is 8.72. The van der Waals surface area contributed by atoms with Crippen LogP contribution in [0.15, 0.2) is 0 Å². The van der Waals surface area contributed by atoms with E-state index in [0.717, 1.165) is 19.4 Å². The van der Waals surface area contributed by atoms with Gasteiger partial charge in [-0.15, -0.1) is 0 Å². The van der Waals surface area contributed by atoms with E-state index in [2.05, 4.69) is 40.7 Å². The first-order valence-corrected chi connectivity index (χ1v) is 8.07. The van der Waals surface area contributed by atoms with Gasteiger partial charge < -0.3 is 10.6 Å². The number of nitrogens with zero attached hydrogens (tertiary/aromatic N) is 2. The zero-order chi connectivity index (χ0) is 16.5. The van der Waals surface area contributed by atoms with Gasteiger partial charge in [-0.3, -0.25) is 4.79 Å². The van der Waals surface area contributed by atoms with Gasteiger partial charge in [-0.2, -0.15) is 5.26 Å². The first kappa shape index (κ1) is 19.9. The Morgan fingerprint density at radius 1 is 1.29 bits per heavy atom. The maximum Gasteiger partial charge on any atom is 0.222 e. The van der Waals surface area contributed by atoms with Crippen molar-refractivity contribution in [3.05, 3.63) is 0 Å². The van der Waals surface area contributed by atoms with Gasteiger partial charge in [0.15, 0.2) is 0 Å². The second kappa shape index (κ2) is 9.78. The molecule has 0 fully saturated rings. The van der Waals surface area contributed by atoms with Crippen molar-refractivity contribution in [2.75, 3.05) is 19.6 Å². The third kappa shape index (κ3) is 8.72. The monoisotopic (exact) mass is 295 g/mol. The molecule has 0 bridgehead atoms. The molecule has 0 radical (unpaired) electrons. The summed E-state index contributed by atoms with van der Waals surface area (Å²) in [6.45, 7) is 12.8. The molecule has 0 aliphatic rings. The van der Waals surface area contributed by atoms with Crippen LogP contribution in [0.4, 0.5) is 0 Å². The van der Waals surface area contributed by atoms with Crippen LogP contribution in [0.2, 0.25) is 0 Å². The van der Waals surface area contributed by atoms with Gasteiger partial charge in [0.05, 0.1) is 12.5 Å². The number of rotatable bonds is 9. The third-order valence-electron chi connectivity index (χ3n) is 3.88. The Kier molecular flexibility index (Phi) is 9.28. The van der Waals surface area contributed by atoms with Crippen LogP contribution in [-0.2, 0) is 4.79 Å². The van der Waals surface area contributed by atoms with Crippen molar-refractivity contribution in [1.82, 2.24) is 4.90 Å². The summed E-state index contributed by atoms with van der Waals surface area (Å²) in [6.07, 6.45) is 2.80. The van der Waals surface area contributed by atoms with Crippen molar-refractivity contribution in [2.24, 2.45) is 23.0 Å². The molecule has 0 aliphatic heterocycles. The Balaban J connectivity index is 4.55. The van der Waals surface area contributed by atoms with Crippen LogP contribution in [0.25, 0.3) is 0 Å². The number of hydrogen-bond donors (Lipinski definition) is 1. The normalized spacial score (nSPS) is 13.0. The van der Waals surface area contributed by atoms with Gasteiger partial charge in [0.2, 0.25) is 5.91 Å². The molecular weight excluding hydrogens is 262 g/mol. The summed E-state index contributed by atoms with van der Waals surface area (Å²) in [7, 11) is 0.